The number of aromatic hydroxyl groups is 1. The second-order valence-electron chi connectivity index (χ2n) is 7.50. The number of nitrogens with zero attached hydrogens (tertiary/aromatic N) is 2. The predicted octanol–water partition coefficient (Wildman–Crippen LogP) is 4.44. The molecule has 1 aliphatic heterocycles. The number of ether oxygens (including phenoxy) is 2. The first-order chi connectivity index (χ1) is 14.0. The molecule has 3 aromatic rings. The van der Waals surface area contributed by atoms with Gasteiger partial charge in [-0.05, 0) is 49.2 Å². The van der Waals surface area contributed by atoms with Crippen LogP contribution in [0.25, 0.3) is 10.9 Å². The summed E-state index contributed by atoms with van der Waals surface area (Å²) in [7, 11) is 2.08. The number of fused-ring (bicyclic) bond motifs is 1. The van der Waals surface area contributed by atoms with Gasteiger partial charge in [0.15, 0.2) is 12.2 Å². The molecular weight excluding hydrogens is 366 g/mol. The van der Waals surface area contributed by atoms with Gasteiger partial charge in [0.25, 0.3) is 0 Å². The van der Waals surface area contributed by atoms with Crippen LogP contribution in [-0.2, 0) is 9.47 Å². The van der Waals surface area contributed by atoms with Gasteiger partial charge in [0.1, 0.15) is 0 Å². The first-order valence-electron chi connectivity index (χ1n) is 9.92. The van der Waals surface area contributed by atoms with E-state index >= 15 is 0 Å². The van der Waals surface area contributed by atoms with Gasteiger partial charge in [-0.15, -0.1) is 0 Å². The monoisotopic (exact) mass is 393 g/mol. The lowest BCUT2D eigenvalue weighted by atomic mass is 10.1. The highest BCUT2D eigenvalue weighted by molar-refractivity contribution is 6.04. The molecule has 0 unspecified atom stereocenters. The van der Waals surface area contributed by atoms with Gasteiger partial charge in [-0.1, -0.05) is 12.1 Å². The molecule has 0 atom stereocenters. The average molecular weight is 393 g/mol. The highest BCUT2D eigenvalue weighted by Gasteiger charge is 2.17. The third-order valence-corrected chi connectivity index (χ3v) is 5.38. The van der Waals surface area contributed by atoms with Gasteiger partial charge in [0, 0.05) is 42.8 Å². The van der Waals surface area contributed by atoms with Crippen LogP contribution in [0.4, 0.5) is 11.4 Å². The summed E-state index contributed by atoms with van der Waals surface area (Å²) in [5.41, 5.74) is 5.89. The standard InChI is InChI=1S/C23H27N3O3/c1-15-5-4-6-19-22(15)18(23(27)25-19)14-24-17-7-8-20(16(2)13-17)26(3)10-9-21-28-11-12-29-21/h4-8,13-14,21,25,27H,9-12H2,1-3H3. The van der Waals surface area contributed by atoms with Crippen molar-refractivity contribution in [1.82, 2.24) is 4.98 Å². The Bertz CT molecular complexity index is 1040. The van der Waals surface area contributed by atoms with Crippen molar-refractivity contribution in [1.29, 1.82) is 0 Å². The minimum atomic E-state index is -0.0889. The van der Waals surface area contributed by atoms with Crippen LogP contribution in [0.2, 0.25) is 0 Å². The summed E-state index contributed by atoms with van der Waals surface area (Å²) in [6, 6.07) is 12.1. The summed E-state index contributed by atoms with van der Waals surface area (Å²) in [4.78, 5) is 9.83. The van der Waals surface area contributed by atoms with Crippen molar-refractivity contribution in [3.63, 3.8) is 0 Å². The fourth-order valence-electron chi connectivity index (χ4n) is 3.85. The van der Waals surface area contributed by atoms with Gasteiger partial charge in [-0.2, -0.15) is 0 Å². The quantitative estimate of drug-likeness (QED) is 0.608. The Kier molecular flexibility index (Phi) is 5.56. The van der Waals surface area contributed by atoms with Gasteiger partial charge in [-0.25, -0.2) is 0 Å². The van der Waals surface area contributed by atoms with E-state index in [4.69, 9.17) is 9.47 Å². The molecule has 0 bridgehead atoms. The fourth-order valence-corrected chi connectivity index (χ4v) is 3.85. The number of aliphatic imine (C=N–C) groups is 1. The number of aryl methyl sites for hydroxylation is 2. The molecule has 0 radical (unpaired) electrons. The minimum Gasteiger partial charge on any atom is -0.494 e. The normalized spacial score (nSPS) is 15.0. The van der Waals surface area contributed by atoms with E-state index in [1.807, 2.05) is 31.2 Å². The molecule has 1 aliphatic rings. The highest BCUT2D eigenvalue weighted by Crippen LogP contribution is 2.30. The van der Waals surface area contributed by atoms with E-state index in [-0.39, 0.29) is 12.2 Å². The van der Waals surface area contributed by atoms with Crippen molar-refractivity contribution in [2.24, 2.45) is 4.99 Å². The SMILES string of the molecule is Cc1cc(N=Cc2c(O)[nH]c3cccc(C)c23)ccc1N(C)CCC1OCCO1. The molecule has 1 fully saturated rings. The smallest absolute Gasteiger partial charge is 0.198 e. The summed E-state index contributed by atoms with van der Waals surface area (Å²) in [6.45, 7) is 6.35. The zero-order chi connectivity index (χ0) is 20.4. The number of anilines is 1. The van der Waals surface area contributed by atoms with Crippen LogP contribution in [0, 0.1) is 13.8 Å². The lowest BCUT2D eigenvalue weighted by Crippen LogP contribution is -2.24. The maximum atomic E-state index is 10.3. The molecule has 1 aromatic heterocycles. The largest absolute Gasteiger partial charge is 0.494 e. The van der Waals surface area contributed by atoms with Crippen LogP contribution in [0.5, 0.6) is 5.88 Å². The van der Waals surface area contributed by atoms with E-state index in [1.54, 1.807) is 6.21 Å². The zero-order valence-corrected chi connectivity index (χ0v) is 17.1. The Morgan fingerprint density at radius 1 is 1.17 bits per heavy atom. The lowest BCUT2D eigenvalue weighted by Gasteiger charge is -2.22. The highest BCUT2D eigenvalue weighted by atomic mass is 16.7. The molecule has 152 valence electrons. The first-order valence-corrected chi connectivity index (χ1v) is 9.92. The number of benzene rings is 2. The summed E-state index contributed by atoms with van der Waals surface area (Å²) >= 11 is 0. The van der Waals surface area contributed by atoms with E-state index in [0.29, 0.717) is 18.8 Å². The molecule has 0 spiro atoms. The number of rotatable bonds is 6. The molecular formula is C23H27N3O3. The number of aromatic nitrogens is 1. The topological polar surface area (TPSA) is 70.1 Å². The molecule has 0 saturated carbocycles. The Balaban J connectivity index is 1.50. The van der Waals surface area contributed by atoms with Crippen molar-refractivity contribution in [2.45, 2.75) is 26.6 Å². The molecule has 0 amide bonds. The number of H-pyrrole nitrogens is 1. The van der Waals surface area contributed by atoms with Crippen molar-refractivity contribution in [2.75, 3.05) is 31.7 Å². The molecule has 0 aliphatic carbocycles. The van der Waals surface area contributed by atoms with Crippen molar-refractivity contribution >= 4 is 28.5 Å². The molecule has 6 nitrogen and oxygen atoms in total. The van der Waals surface area contributed by atoms with Crippen LogP contribution in [0.15, 0.2) is 41.4 Å². The van der Waals surface area contributed by atoms with E-state index in [2.05, 4.69) is 41.0 Å². The average Bonchev–Trinajstić information content (AvgIpc) is 3.32. The summed E-state index contributed by atoms with van der Waals surface area (Å²) < 4.78 is 11.0. The van der Waals surface area contributed by atoms with Crippen molar-refractivity contribution in [3.05, 3.63) is 53.1 Å². The third kappa shape index (κ3) is 4.13. The fraction of sp³-hybridized carbons (Fsp3) is 0.348. The number of nitrogens with one attached hydrogen (secondary N) is 1. The predicted molar refractivity (Wildman–Crippen MR) is 117 cm³/mol. The maximum absolute atomic E-state index is 10.3. The number of aromatic amines is 1. The number of hydrogen-bond donors (Lipinski definition) is 2. The van der Waals surface area contributed by atoms with Gasteiger partial charge in [-0.3, -0.25) is 4.99 Å². The van der Waals surface area contributed by atoms with Gasteiger partial charge in [0.2, 0.25) is 0 Å². The molecule has 4 rings (SSSR count). The molecule has 6 heteroatoms. The summed E-state index contributed by atoms with van der Waals surface area (Å²) in [5.74, 6) is 0.141. The van der Waals surface area contributed by atoms with E-state index < -0.39 is 0 Å². The molecule has 1 saturated heterocycles. The summed E-state index contributed by atoms with van der Waals surface area (Å²) in [6.07, 6.45) is 2.48. The second-order valence-corrected chi connectivity index (χ2v) is 7.50. The minimum absolute atomic E-state index is 0.0889. The van der Waals surface area contributed by atoms with Gasteiger partial charge >= 0.3 is 0 Å². The summed E-state index contributed by atoms with van der Waals surface area (Å²) in [5, 5.41) is 11.3. The van der Waals surface area contributed by atoms with E-state index in [0.717, 1.165) is 46.4 Å². The van der Waals surface area contributed by atoms with Gasteiger partial charge in [0.05, 0.1) is 24.5 Å². The van der Waals surface area contributed by atoms with Crippen molar-refractivity contribution < 1.29 is 14.6 Å². The van der Waals surface area contributed by atoms with Crippen LogP contribution < -0.4 is 4.90 Å². The third-order valence-electron chi connectivity index (χ3n) is 5.38. The van der Waals surface area contributed by atoms with Crippen LogP contribution in [0.3, 0.4) is 0 Å². The number of hydrogen-bond acceptors (Lipinski definition) is 5. The Morgan fingerprint density at radius 3 is 2.72 bits per heavy atom. The molecule has 29 heavy (non-hydrogen) atoms. The molecule has 2 N–H and O–H groups in total. The van der Waals surface area contributed by atoms with E-state index in [1.165, 1.54) is 0 Å². The van der Waals surface area contributed by atoms with Crippen molar-refractivity contribution in [3.8, 4) is 5.88 Å². The Hall–Kier alpha value is -2.83. The zero-order valence-electron chi connectivity index (χ0n) is 17.1. The molecule has 2 aromatic carbocycles. The second kappa shape index (κ2) is 8.27. The van der Waals surface area contributed by atoms with Crippen LogP contribution in [-0.4, -0.2) is 49.4 Å². The Labute approximate surface area is 170 Å². The first kappa shape index (κ1) is 19.5. The lowest BCUT2D eigenvalue weighted by molar-refractivity contribution is -0.0447. The van der Waals surface area contributed by atoms with Gasteiger partial charge < -0.3 is 24.5 Å². The van der Waals surface area contributed by atoms with Crippen LogP contribution >= 0.6 is 0 Å². The van der Waals surface area contributed by atoms with E-state index in [9.17, 15) is 5.11 Å². The Morgan fingerprint density at radius 2 is 1.97 bits per heavy atom. The van der Waals surface area contributed by atoms with Crippen LogP contribution in [0.1, 0.15) is 23.1 Å². The molecule has 2 heterocycles. The maximum Gasteiger partial charge on any atom is 0.198 e.